The number of hydrogen-bond acceptors (Lipinski definition) is 3. The molecule has 0 atom stereocenters. The minimum atomic E-state index is -0.162. The molecule has 0 saturated heterocycles. The molecule has 1 aromatic carbocycles. The zero-order valence-corrected chi connectivity index (χ0v) is 13.9. The number of hydrogen-bond donors (Lipinski definition) is 2. The van der Waals surface area contributed by atoms with Crippen molar-refractivity contribution in [2.24, 2.45) is 0 Å². The number of nitrogens with zero attached hydrogens (tertiary/aromatic N) is 1. The topological polar surface area (TPSA) is 54.0 Å². The maximum atomic E-state index is 12.3. The lowest BCUT2D eigenvalue weighted by Gasteiger charge is -2.19. The Hall–Kier alpha value is -2.62. The highest BCUT2D eigenvalue weighted by molar-refractivity contribution is 6.03. The Labute approximate surface area is 137 Å². The Bertz CT molecular complexity index is 667. The fourth-order valence-corrected chi connectivity index (χ4v) is 2.07. The Morgan fingerprint density at radius 3 is 2.39 bits per heavy atom. The number of carbonyl (C=O) groups excluding carboxylic acids is 1. The molecule has 4 heteroatoms. The molecule has 23 heavy (non-hydrogen) atoms. The zero-order valence-electron chi connectivity index (χ0n) is 13.9. The van der Waals surface area contributed by atoms with E-state index in [2.05, 4.69) is 43.0 Å². The second kappa shape index (κ2) is 7.09. The highest BCUT2D eigenvalue weighted by atomic mass is 16.1. The number of nitrogens with one attached hydrogen (secondary N) is 2. The third-order valence-electron chi connectivity index (χ3n) is 3.47. The fraction of sp³-hybridized carbons (Fsp3) is 0.263. The summed E-state index contributed by atoms with van der Waals surface area (Å²) in [4.78, 5) is 16.5. The normalized spacial score (nSPS) is 10.9. The molecule has 0 aliphatic carbocycles. The first kappa shape index (κ1) is 16.7. The summed E-state index contributed by atoms with van der Waals surface area (Å²) in [6, 6.07) is 11.3. The molecule has 0 aliphatic heterocycles. The van der Waals surface area contributed by atoms with Gasteiger partial charge in [-0.15, -0.1) is 6.58 Å². The van der Waals surface area contributed by atoms with Gasteiger partial charge in [-0.05, 0) is 35.2 Å². The minimum Gasteiger partial charge on any atom is -0.380 e. The van der Waals surface area contributed by atoms with E-state index in [0.717, 1.165) is 5.69 Å². The molecule has 2 N–H and O–H groups in total. The van der Waals surface area contributed by atoms with Gasteiger partial charge in [0.05, 0.1) is 11.9 Å². The van der Waals surface area contributed by atoms with Gasteiger partial charge in [-0.1, -0.05) is 39.0 Å². The average Bonchev–Trinajstić information content (AvgIpc) is 2.53. The molecule has 0 bridgehead atoms. The maximum absolute atomic E-state index is 12.3. The molecule has 0 unspecified atom stereocenters. The largest absolute Gasteiger partial charge is 0.380 e. The highest BCUT2D eigenvalue weighted by Crippen LogP contribution is 2.22. The molecule has 1 amide bonds. The van der Waals surface area contributed by atoms with Crippen LogP contribution in [-0.2, 0) is 5.41 Å². The van der Waals surface area contributed by atoms with Gasteiger partial charge in [0.15, 0.2) is 0 Å². The van der Waals surface area contributed by atoms with Crippen LogP contribution in [-0.4, -0.2) is 17.4 Å². The van der Waals surface area contributed by atoms with Crippen LogP contribution in [0.1, 0.15) is 36.7 Å². The number of rotatable bonds is 5. The van der Waals surface area contributed by atoms with E-state index >= 15 is 0 Å². The number of amides is 1. The van der Waals surface area contributed by atoms with Gasteiger partial charge in [-0.2, -0.15) is 0 Å². The van der Waals surface area contributed by atoms with Crippen LogP contribution in [0.15, 0.2) is 55.3 Å². The summed E-state index contributed by atoms with van der Waals surface area (Å²) >= 11 is 0. The summed E-state index contributed by atoms with van der Waals surface area (Å²) in [5, 5.41) is 5.94. The van der Waals surface area contributed by atoms with Crippen molar-refractivity contribution in [1.29, 1.82) is 0 Å². The van der Waals surface area contributed by atoms with Crippen molar-refractivity contribution in [3.05, 3.63) is 66.4 Å². The number of aromatic nitrogens is 1. The smallest absolute Gasteiger partial charge is 0.256 e. The molecule has 2 aromatic rings. The Kier molecular flexibility index (Phi) is 5.16. The summed E-state index contributed by atoms with van der Waals surface area (Å²) in [5.41, 5.74) is 2.78. The van der Waals surface area contributed by atoms with Gasteiger partial charge in [0, 0.05) is 12.1 Å². The van der Waals surface area contributed by atoms with Crippen LogP contribution >= 0.6 is 0 Å². The molecule has 120 valence electrons. The van der Waals surface area contributed by atoms with Crippen molar-refractivity contribution >= 4 is 17.4 Å². The first-order chi connectivity index (χ1) is 10.9. The molecule has 0 saturated carbocycles. The summed E-state index contributed by atoms with van der Waals surface area (Å²) in [6.07, 6.45) is 3.46. The van der Waals surface area contributed by atoms with E-state index in [9.17, 15) is 4.79 Å². The Morgan fingerprint density at radius 1 is 1.17 bits per heavy atom. The van der Waals surface area contributed by atoms with Crippen molar-refractivity contribution in [2.45, 2.75) is 26.2 Å². The second-order valence-corrected chi connectivity index (χ2v) is 6.38. The van der Waals surface area contributed by atoms with Crippen LogP contribution in [0.25, 0.3) is 0 Å². The lowest BCUT2D eigenvalue weighted by atomic mass is 9.87. The fourth-order valence-electron chi connectivity index (χ4n) is 2.07. The molecule has 0 spiro atoms. The van der Waals surface area contributed by atoms with Crippen molar-refractivity contribution < 1.29 is 4.79 Å². The molecule has 0 radical (unpaired) electrons. The summed E-state index contributed by atoms with van der Waals surface area (Å²) in [5.74, 6) is 0.365. The van der Waals surface area contributed by atoms with E-state index in [-0.39, 0.29) is 11.3 Å². The predicted molar refractivity (Wildman–Crippen MR) is 96.0 cm³/mol. The van der Waals surface area contributed by atoms with Crippen LogP contribution in [0.3, 0.4) is 0 Å². The molecule has 2 rings (SSSR count). The van der Waals surface area contributed by atoms with Crippen molar-refractivity contribution in [2.75, 3.05) is 17.2 Å². The van der Waals surface area contributed by atoms with E-state index in [0.29, 0.717) is 17.9 Å². The monoisotopic (exact) mass is 309 g/mol. The Morgan fingerprint density at radius 2 is 1.87 bits per heavy atom. The number of carbonyl (C=O) groups is 1. The quantitative estimate of drug-likeness (QED) is 0.813. The van der Waals surface area contributed by atoms with Crippen molar-refractivity contribution in [3.63, 3.8) is 0 Å². The molecule has 1 heterocycles. The number of pyridine rings is 1. The molecule has 0 aliphatic rings. The average molecular weight is 309 g/mol. The third kappa shape index (κ3) is 4.68. The van der Waals surface area contributed by atoms with Crippen LogP contribution in [0.2, 0.25) is 0 Å². The summed E-state index contributed by atoms with van der Waals surface area (Å²) in [7, 11) is 0. The van der Waals surface area contributed by atoms with Gasteiger partial charge in [-0.25, -0.2) is 4.98 Å². The second-order valence-electron chi connectivity index (χ2n) is 6.38. The standard InChI is InChI=1S/C19H23N3O/c1-5-12-20-16-10-11-17(21-13-16)22-18(23)14-6-8-15(9-7-14)19(2,3)4/h5-11,13,20H,1,12H2,2-4H3,(H,21,22,23). The number of benzene rings is 1. The van der Waals surface area contributed by atoms with Crippen LogP contribution in [0, 0.1) is 0 Å². The van der Waals surface area contributed by atoms with Gasteiger partial charge in [0.1, 0.15) is 5.82 Å². The molecule has 0 fully saturated rings. The van der Waals surface area contributed by atoms with E-state index in [1.54, 1.807) is 18.3 Å². The van der Waals surface area contributed by atoms with Crippen LogP contribution < -0.4 is 10.6 Å². The third-order valence-corrected chi connectivity index (χ3v) is 3.47. The summed E-state index contributed by atoms with van der Waals surface area (Å²) < 4.78 is 0. The van der Waals surface area contributed by atoms with Gasteiger partial charge in [0.25, 0.3) is 5.91 Å². The van der Waals surface area contributed by atoms with Gasteiger partial charge < -0.3 is 10.6 Å². The predicted octanol–water partition coefficient (Wildman–Crippen LogP) is 4.23. The first-order valence-electron chi connectivity index (χ1n) is 7.63. The lowest BCUT2D eigenvalue weighted by molar-refractivity contribution is 0.102. The van der Waals surface area contributed by atoms with Crippen LogP contribution in [0.4, 0.5) is 11.5 Å². The van der Waals surface area contributed by atoms with Gasteiger partial charge >= 0.3 is 0 Å². The first-order valence-corrected chi connectivity index (χ1v) is 7.63. The van der Waals surface area contributed by atoms with E-state index in [1.165, 1.54) is 5.56 Å². The highest BCUT2D eigenvalue weighted by Gasteiger charge is 2.14. The van der Waals surface area contributed by atoms with Crippen LogP contribution in [0.5, 0.6) is 0 Å². The SMILES string of the molecule is C=CCNc1ccc(NC(=O)c2ccc(C(C)(C)C)cc2)nc1. The maximum Gasteiger partial charge on any atom is 0.256 e. The molecular formula is C19H23N3O. The zero-order chi connectivity index (χ0) is 16.9. The summed E-state index contributed by atoms with van der Waals surface area (Å²) in [6.45, 7) is 10.8. The van der Waals surface area contributed by atoms with E-state index in [4.69, 9.17) is 0 Å². The lowest BCUT2D eigenvalue weighted by Crippen LogP contribution is -2.15. The van der Waals surface area contributed by atoms with Gasteiger partial charge in [-0.3, -0.25) is 4.79 Å². The molecular weight excluding hydrogens is 286 g/mol. The van der Waals surface area contributed by atoms with E-state index in [1.807, 2.05) is 30.3 Å². The van der Waals surface area contributed by atoms with E-state index < -0.39 is 0 Å². The van der Waals surface area contributed by atoms with Crippen molar-refractivity contribution in [3.8, 4) is 0 Å². The minimum absolute atomic E-state index is 0.0742. The Balaban J connectivity index is 2.02. The van der Waals surface area contributed by atoms with Crippen molar-refractivity contribution in [1.82, 2.24) is 4.98 Å². The number of anilines is 2. The molecule has 1 aromatic heterocycles. The molecule has 4 nitrogen and oxygen atoms in total. The van der Waals surface area contributed by atoms with Gasteiger partial charge in [0.2, 0.25) is 0 Å².